The van der Waals surface area contributed by atoms with Gasteiger partial charge in [-0.25, -0.2) is 4.98 Å². The number of nitrogens with one attached hydrogen (secondary N) is 1. The molecular weight excluding hydrogens is 368 g/mol. The third-order valence-corrected chi connectivity index (χ3v) is 4.98. The molecule has 0 unspecified atom stereocenters. The smallest absolute Gasteiger partial charge is 0.220 e. The largest absolute Gasteiger partial charge is 0.350 e. The number of thiazole rings is 1. The van der Waals surface area contributed by atoms with Crippen molar-refractivity contribution in [1.82, 2.24) is 10.3 Å². The number of halogens is 1. The molecule has 0 saturated carbocycles. The Morgan fingerprint density at radius 3 is 2.46 bits per heavy atom. The van der Waals surface area contributed by atoms with E-state index in [9.17, 15) is 9.59 Å². The van der Waals surface area contributed by atoms with E-state index in [0.717, 1.165) is 16.3 Å². The molecule has 0 fully saturated rings. The Kier molecular flexibility index (Phi) is 6.15. The molecule has 2 aromatic carbocycles. The van der Waals surface area contributed by atoms with Gasteiger partial charge < -0.3 is 5.32 Å². The maximum Gasteiger partial charge on any atom is 0.220 e. The summed E-state index contributed by atoms with van der Waals surface area (Å²) in [5.41, 5.74) is 2.43. The van der Waals surface area contributed by atoms with Gasteiger partial charge >= 0.3 is 0 Å². The van der Waals surface area contributed by atoms with Crippen LogP contribution in [0, 0.1) is 0 Å². The van der Waals surface area contributed by atoms with Crippen molar-refractivity contribution < 1.29 is 9.59 Å². The van der Waals surface area contributed by atoms with Crippen molar-refractivity contribution in [2.24, 2.45) is 0 Å². The normalized spacial score (nSPS) is 10.5. The molecular formula is C20H17ClN2O2S. The predicted octanol–water partition coefficient (Wildman–Crippen LogP) is 4.74. The molecule has 1 N–H and O–H groups in total. The van der Waals surface area contributed by atoms with Crippen molar-refractivity contribution in [2.45, 2.75) is 19.4 Å². The highest BCUT2D eigenvalue weighted by Crippen LogP contribution is 2.23. The molecule has 132 valence electrons. The second kappa shape index (κ2) is 8.74. The fraction of sp³-hybridized carbons (Fsp3) is 0.150. The number of benzene rings is 2. The molecule has 0 aliphatic rings. The van der Waals surface area contributed by atoms with E-state index in [1.165, 1.54) is 0 Å². The van der Waals surface area contributed by atoms with Gasteiger partial charge in [-0.15, -0.1) is 11.3 Å². The summed E-state index contributed by atoms with van der Waals surface area (Å²) in [6.07, 6.45) is 0.316. The Labute approximate surface area is 160 Å². The van der Waals surface area contributed by atoms with Crippen LogP contribution in [0.4, 0.5) is 0 Å². The van der Waals surface area contributed by atoms with Crippen LogP contribution in [-0.4, -0.2) is 16.7 Å². The first kappa shape index (κ1) is 18.3. The minimum Gasteiger partial charge on any atom is -0.350 e. The molecule has 1 aromatic heterocycles. The van der Waals surface area contributed by atoms with E-state index in [2.05, 4.69) is 10.3 Å². The van der Waals surface area contributed by atoms with Gasteiger partial charge in [0.2, 0.25) is 5.91 Å². The van der Waals surface area contributed by atoms with Crippen LogP contribution in [0.2, 0.25) is 5.02 Å². The Hall–Kier alpha value is -2.50. The first-order chi connectivity index (χ1) is 12.6. The maximum absolute atomic E-state index is 12.1. The lowest BCUT2D eigenvalue weighted by Gasteiger charge is -2.04. The zero-order chi connectivity index (χ0) is 18.4. The van der Waals surface area contributed by atoms with E-state index in [-0.39, 0.29) is 24.5 Å². The van der Waals surface area contributed by atoms with Gasteiger partial charge in [-0.3, -0.25) is 9.59 Å². The second-order valence-electron chi connectivity index (χ2n) is 5.72. The van der Waals surface area contributed by atoms with E-state index in [1.54, 1.807) is 35.6 Å². The Bertz CT molecular complexity index is 892. The first-order valence-corrected chi connectivity index (χ1v) is 9.43. The highest BCUT2D eigenvalue weighted by molar-refractivity contribution is 7.13. The predicted molar refractivity (Wildman–Crippen MR) is 104 cm³/mol. The summed E-state index contributed by atoms with van der Waals surface area (Å²) >= 11 is 7.35. The molecule has 6 heteroatoms. The van der Waals surface area contributed by atoms with Crippen LogP contribution in [-0.2, 0) is 11.3 Å². The number of ketones is 1. The average molecular weight is 385 g/mol. The molecule has 0 aliphatic heterocycles. The highest BCUT2D eigenvalue weighted by Gasteiger charge is 2.10. The molecule has 0 atom stereocenters. The van der Waals surface area contributed by atoms with E-state index in [0.29, 0.717) is 17.1 Å². The van der Waals surface area contributed by atoms with E-state index in [1.807, 2.05) is 35.7 Å². The number of rotatable bonds is 7. The number of Topliss-reactive ketones (excluding diaryl/α,β-unsaturated/α-hetero) is 1. The van der Waals surface area contributed by atoms with Crippen LogP contribution < -0.4 is 5.32 Å². The van der Waals surface area contributed by atoms with Crippen molar-refractivity contribution in [2.75, 3.05) is 0 Å². The van der Waals surface area contributed by atoms with Crippen molar-refractivity contribution in [3.05, 3.63) is 76.3 Å². The molecule has 0 saturated heterocycles. The van der Waals surface area contributed by atoms with Crippen molar-refractivity contribution >= 4 is 34.6 Å². The molecule has 4 nitrogen and oxygen atoms in total. The molecule has 0 radical (unpaired) electrons. The molecule has 1 heterocycles. The lowest BCUT2D eigenvalue weighted by molar-refractivity contribution is -0.121. The van der Waals surface area contributed by atoms with Crippen LogP contribution in [0.3, 0.4) is 0 Å². The zero-order valence-corrected chi connectivity index (χ0v) is 15.5. The van der Waals surface area contributed by atoms with Crippen LogP contribution >= 0.6 is 22.9 Å². The number of carbonyl (C=O) groups is 2. The fourth-order valence-corrected chi connectivity index (χ4v) is 3.34. The van der Waals surface area contributed by atoms with Crippen molar-refractivity contribution in [3.63, 3.8) is 0 Å². The summed E-state index contributed by atoms with van der Waals surface area (Å²) in [5, 5.41) is 6.25. The van der Waals surface area contributed by atoms with Gasteiger partial charge in [0.05, 0.1) is 12.2 Å². The molecule has 1 amide bonds. The van der Waals surface area contributed by atoms with Crippen LogP contribution in [0.1, 0.15) is 28.9 Å². The zero-order valence-electron chi connectivity index (χ0n) is 13.9. The van der Waals surface area contributed by atoms with Gasteiger partial charge in [-0.05, 0) is 24.3 Å². The minimum absolute atomic E-state index is 0.0724. The summed E-state index contributed by atoms with van der Waals surface area (Å²) in [6, 6.07) is 16.6. The molecule has 3 rings (SSSR count). The number of hydrogen-bond donors (Lipinski definition) is 1. The van der Waals surface area contributed by atoms with Gasteiger partial charge in [0, 0.05) is 34.4 Å². The summed E-state index contributed by atoms with van der Waals surface area (Å²) in [5.74, 6) is -0.238. The minimum atomic E-state index is -0.165. The highest BCUT2D eigenvalue weighted by atomic mass is 35.5. The second-order valence-corrected chi connectivity index (χ2v) is 7.01. The number of hydrogen-bond acceptors (Lipinski definition) is 4. The Balaban J connectivity index is 1.46. The summed E-state index contributed by atoms with van der Waals surface area (Å²) in [7, 11) is 0. The SMILES string of the molecule is O=C(CCC(=O)c1ccc(Cl)cc1)NCc1csc(-c2ccccc2)n1. The molecule has 3 aromatic rings. The van der Waals surface area contributed by atoms with Crippen LogP contribution in [0.25, 0.3) is 10.6 Å². The molecule has 0 aliphatic carbocycles. The van der Waals surface area contributed by atoms with Crippen molar-refractivity contribution in [3.8, 4) is 10.6 Å². The lowest BCUT2D eigenvalue weighted by Crippen LogP contribution is -2.23. The summed E-state index contributed by atoms with van der Waals surface area (Å²) < 4.78 is 0. The van der Waals surface area contributed by atoms with Gasteiger partial charge in [0.1, 0.15) is 5.01 Å². The quantitative estimate of drug-likeness (QED) is 0.598. The summed E-state index contributed by atoms with van der Waals surface area (Å²) in [6.45, 7) is 0.358. The first-order valence-electron chi connectivity index (χ1n) is 8.17. The Morgan fingerprint density at radius 1 is 1.00 bits per heavy atom. The third-order valence-electron chi connectivity index (χ3n) is 3.78. The number of aromatic nitrogens is 1. The van der Waals surface area contributed by atoms with Crippen LogP contribution in [0.5, 0.6) is 0 Å². The monoisotopic (exact) mass is 384 g/mol. The summed E-state index contributed by atoms with van der Waals surface area (Å²) in [4.78, 5) is 28.6. The number of nitrogens with zero attached hydrogens (tertiary/aromatic N) is 1. The molecule has 26 heavy (non-hydrogen) atoms. The topological polar surface area (TPSA) is 59.1 Å². The van der Waals surface area contributed by atoms with Gasteiger partial charge in [-0.2, -0.15) is 0 Å². The lowest BCUT2D eigenvalue weighted by atomic mass is 10.1. The van der Waals surface area contributed by atoms with Crippen LogP contribution in [0.15, 0.2) is 60.0 Å². The van der Waals surface area contributed by atoms with Gasteiger partial charge in [-0.1, -0.05) is 41.9 Å². The van der Waals surface area contributed by atoms with E-state index in [4.69, 9.17) is 11.6 Å². The molecule has 0 bridgehead atoms. The Morgan fingerprint density at radius 2 is 1.73 bits per heavy atom. The molecule has 0 spiro atoms. The van der Waals surface area contributed by atoms with Crippen molar-refractivity contribution in [1.29, 1.82) is 0 Å². The number of carbonyl (C=O) groups excluding carboxylic acids is 2. The van der Waals surface area contributed by atoms with E-state index >= 15 is 0 Å². The van der Waals surface area contributed by atoms with Gasteiger partial charge in [0.15, 0.2) is 5.78 Å². The number of amides is 1. The average Bonchev–Trinajstić information content (AvgIpc) is 3.15. The fourth-order valence-electron chi connectivity index (χ4n) is 2.39. The third kappa shape index (κ3) is 5.00. The maximum atomic E-state index is 12.1. The van der Waals surface area contributed by atoms with E-state index < -0.39 is 0 Å². The van der Waals surface area contributed by atoms with Gasteiger partial charge in [0.25, 0.3) is 0 Å². The standard InChI is InChI=1S/C20H17ClN2O2S/c21-16-8-6-14(7-9-16)18(24)10-11-19(25)22-12-17-13-26-20(23-17)15-4-2-1-3-5-15/h1-9,13H,10-12H2,(H,22,25).